The summed E-state index contributed by atoms with van der Waals surface area (Å²) in [6, 6.07) is 9.27. The molecule has 1 atom stereocenters. The molecule has 0 spiro atoms. The Morgan fingerprint density at radius 2 is 1.81 bits per heavy atom. The van der Waals surface area contributed by atoms with Crippen LogP contribution < -0.4 is 5.32 Å². The van der Waals surface area contributed by atoms with Gasteiger partial charge in [-0.1, -0.05) is 43.7 Å². The predicted molar refractivity (Wildman–Crippen MR) is 90.8 cm³/mol. The summed E-state index contributed by atoms with van der Waals surface area (Å²) in [5.74, 6) is 0.689. The molecule has 3 heteroatoms. The van der Waals surface area contributed by atoms with Crippen molar-refractivity contribution in [2.45, 2.75) is 33.2 Å². The van der Waals surface area contributed by atoms with Gasteiger partial charge in [-0.05, 0) is 31.9 Å². The van der Waals surface area contributed by atoms with Gasteiger partial charge in [-0.25, -0.2) is 0 Å². The number of ether oxygens (including phenoxy) is 1. The van der Waals surface area contributed by atoms with Crippen molar-refractivity contribution in [1.82, 2.24) is 10.2 Å². The minimum absolute atomic E-state index is 0.419. The van der Waals surface area contributed by atoms with Crippen molar-refractivity contribution in [3.8, 4) is 0 Å². The van der Waals surface area contributed by atoms with E-state index in [9.17, 15) is 0 Å². The van der Waals surface area contributed by atoms with Crippen LogP contribution in [0.5, 0.6) is 0 Å². The maximum absolute atomic E-state index is 5.23. The second kappa shape index (κ2) is 9.93. The lowest BCUT2D eigenvalue weighted by molar-refractivity contribution is 0.137. The standard InChI is InChI=1S/C18H32N2O/c1-15(2)14-20(12-13-21-5)11-10-18(19-4)17-8-6-16(3)7-9-17/h6-9,15,18-19H,10-14H2,1-5H3. The molecule has 0 aliphatic heterocycles. The van der Waals surface area contributed by atoms with Gasteiger partial charge in [0.05, 0.1) is 6.61 Å². The molecule has 0 aromatic heterocycles. The second-order valence-corrected chi connectivity index (χ2v) is 6.23. The molecule has 0 bridgehead atoms. The first-order valence-electron chi connectivity index (χ1n) is 8.02. The van der Waals surface area contributed by atoms with Gasteiger partial charge >= 0.3 is 0 Å². The molecule has 0 fully saturated rings. The molecular weight excluding hydrogens is 260 g/mol. The van der Waals surface area contributed by atoms with E-state index in [1.54, 1.807) is 7.11 Å². The average molecular weight is 292 g/mol. The van der Waals surface area contributed by atoms with E-state index < -0.39 is 0 Å². The summed E-state index contributed by atoms with van der Waals surface area (Å²) in [4.78, 5) is 2.51. The van der Waals surface area contributed by atoms with Crippen LogP contribution in [0.3, 0.4) is 0 Å². The van der Waals surface area contributed by atoms with E-state index in [0.717, 1.165) is 32.7 Å². The van der Waals surface area contributed by atoms with Crippen molar-refractivity contribution in [2.75, 3.05) is 40.4 Å². The zero-order chi connectivity index (χ0) is 15.7. The molecule has 0 radical (unpaired) electrons. The first kappa shape index (κ1) is 18.1. The van der Waals surface area contributed by atoms with Gasteiger partial charge in [0.2, 0.25) is 0 Å². The monoisotopic (exact) mass is 292 g/mol. The van der Waals surface area contributed by atoms with E-state index in [2.05, 4.69) is 55.3 Å². The summed E-state index contributed by atoms with van der Waals surface area (Å²) in [6.07, 6.45) is 1.12. The van der Waals surface area contributed by atoms with Crippen LogP contribution in [-0.2, 0) is 4.74 Å². The lowest BCUT2D eigenvalue weighted by Crippen LogP contribution is -2.34. The molecule has 0 saturated heterocycles. The number of nitrogens with zero attached hydrogens (tertiary/aromatic N) is 1. The maximum atomic E-state index is 5.23. The summed E-state index contributed by atoms with van der Waals surface area (Å²) in [5.41, 5.74) is 2.69. The van der Waals surface area contributed by atoms with Gasteiger partial charge in [-0.2, -0.15) is 0 Å². The molecule has 3 nitrogen and oxygen atoms in total. The molecule has 1 unspecified atom stereocenters. The zero-order valence-electron chi connectivity index (χ0n) is 14.4. The molecular formula is C18H32N2O. The van der Waals surface area contributed by atoms with Crippen LogP contribution in [0, 0.1) is 12.8 Å². The number of nitrogens with one attached hydrogen (secondary N) is 1. The Balaban J connectivity index is 2.55. The molecule has 0 saturated carbocycles. The van der Waals surface area contributed by atoms with Crippen LogP contribution in [0.2, 0.25) is 0 Å². The molecule has 0 aliphatic rings. The van der Waals surface area contributed by atoms with Crippen LogP contribution in [0.1, 0.15) is 37.4 Å². The maximum Gasteiger partial charge on any atom is 0.0589 e. The Morgan fingerprint density at radius 1 is 1.14 bits per heavy atom. The summed E-state index contributed by atoms with van der Waals surface area (Å²) < 4.78 is 5.23. The Morgan fingerprint density at radius 3 is 2.33 bits per heavy atom. The molecule has 21 heavy (non-hydrogen) atoms. The van der Waals surface area contributed by atoms with E-state index in [0.29, 0.717) is 12.0 Å². The molecule has 1 rings (SSSR count). The average Bonchev–Trinajstić information content (AvgIpc) is 2.46. The number of rotatable bonds is 10. The fourth-order valence-electron chi connectivity index (χ4n) is 2.62. The van der Waals surface area contributed by atoms with Gasteiger partial charge in [-0.3, -0.25) is 0 Å². The van der Waals surface area contributed by atoms with Crippen LogP contribution in [-0.4, -0.2) is 45.3 Å². The Kier molecular flexibility index (Phi) is 8.58. The Hall–Kier alpha value is -0.900. The van der Waals surface area contributed by atoms with Crippen LogP contribution in [0.25, 0.3) is 0 Å². The Bertz CT molecular complexity index is 375. The van der Waals surface area contributed by atoms with Crippen molar-refractivity contribution >= 4 is 0 Å². The Labute approximate surface area is 130 Å². The topological polar surface area (TPSA) is 24.5 Å². The SMILES string of the molecule is CNC(CCN(CCOC)CC(C)C)c1ccc(C)cc1. The van der Waals surface area contributed by atoms with Crippen molar-refractivity contribution in [1.29, 1.82) is 0 Å². The number of benzene rings is 1. The first-order chi connectivity index (χ1) is 10.1. The highest BCUT2D eigenvalue weighted by molar-refractivity contribution is 5.24. The van der Waals surface area contributed by atoms with E-state index in [1.807, 2.05) is 7.05 Å². The second-order valence-electron chi connectivity index (χ2n) is 6.23. The van der Waals surface area contributed by atoms with Gasteiger partial charge in [0, 0.05) is 32.8 Å². The van der Waals surface area contributed by atoms with Crippen LogP contribution >= 0.6 is 0 Å². The van der Waals surface area contributed by atoms with E-state index in [-0.39, 0.29) is 0 Å². The van der Waals surface area contributed by atoms with E-state index in [1.165, 1.54) is 11.1 Å². The summed E-state index contributed by atoms with van der Waals surface area (Å²) in [5, 5.41) is 3.44. The smallest absolute Gasteiger partial charge is 0.0589 e. The van der Waals surface area contributed by atoms with Crippen LogP contribution in [0.4, 0.5) is 0 Å². The van der Waals surface area contributed by atoms with E-state index in [4.69, 9.17) is 4.74 Å². The fraction of sp³-hybridized carbons (Fsp3) is 0.667. The molecule has 0 amide bonds. The summed E-state index contributed by atoms with van der Waals surface area (Å²) in [7, 11) is 3.82. The van der Waals surface area contributed by atoms with Crippen LogP contribution in [0.15, 0.2) is 24.3 Å². The highest BCUT2D eigenvalue weighted by atomic mass is 16.5. The van der Waals surface area contributed by atoms with E-state index >= 15 is 0 Å². The first-order valence-corrected chi connectivity index (χ1v) is 8.02. The number of aryl methyl sites for hydroxylation is 1. The quantitative estimate of drug-likeness (QED) is 0.716. The van der Waals surface area contributed by atoms with Crippen molar-refractivity contribution in [3.05, 3.63) is 35.4 Å². The highest BCUT2D eigenvalue weighted by Gasteiger charge is 2.13. The normalized spacial score (nSPS) is 13.1. The molecule has 1 aromatic carbocycles. The van der Waals surface area contributed by atoms with Gasteiger partial charge in [-0.15, -0.1) is 0 Å². The lowest BCUT2D eigenvalue weighted by Gasteiger charge is -2.26. The number of hydrogen-bond donors (Lipinski definition) is 1. The molecule has 0 aliphatic carbocycles. The van der Waals surface area contributed by atoms with Gasteiger partial charge in [0.15, 0.2) is 0 Å². The zero-order valence-corrected chi connectivity index (χ0v) is 14.4. The van der Waals surface area contributed by atoms with Gasteiger partial charge < -0.3 is 15.0 Å². The summed E-state index contributed by atoms with van der Waals surface area (Å²) in [6.45, 7) is 10.7. The molecule has 1 aromatic rings. The largest absolute Gasteiger partial charge is 0.383 e. The number of hydrogen-bond acceptors (Lipinski definition) is 3. The molecule has 120 valence electrons. The number of methoxy groups -OCH3 is 1. The van der Waals surface area contributed by atoms with Crippen molar-refractivity contribution in [2.24, 2.45) is 5.92 Å². The summed E-state index contributed by atoms with van der Waals surface area (Å²) >= 11 is 0. The molecule has 1 N–H and O–H groups in total. The third kappa shape index (κ3) is 7.07. The minimum Gasteiger partial charge on any atom is -0.383 e. The lowest BCUT2D eigenvalue weighted by atomic mass is 10.0. The predicted octanol–water partition coefficient (Wildman–Crippen LogP) is 3.25. The van der Waals surface area contributed by atoms with Gasteiger partial charge in [0.1, 0.15) is 0 Å². The highest BCUT2D eigenvalue weighted by Crippen LogP contribution is 2.17. The van der Waals surface area contributed by atoms with Gasteiger partial charge in [0.25, 0.3) is 0 Å². The van der Waals surface area contributed by atoms with Crippen molar-refractivity contribution in [3.63, 3.8) is 0 Å². The third-order valence-electron chi connectivity index (χ3n) is 3.80. The minimum atomic E-state index is 0.419. The molecule has 0 heterocycles. The third-order valence-corrected chi connectivity index (χ3v) is 3.80. The van der Waals surface area contributed by atoms with Crippen molar-refractivity contribution < 1.29 is 4.74 Å². The fourth-order valence-corrected chi connectivity index (χ4v) is 2.62.